The number of ether oxygens (including phenoxy) is 1. The summed E-state index contributed by atoms with van der Waals surface area (Å²) in [6, 6.07) is 5.44. The molecule has 0 N–H and O–H groups in total. The van der Waals surface area contributed by atoms with Gasteiger partial charge in [-0.3, -0.25) is 0 Å². The van der Waals surface area contributed by atoms with Gasteiger partial charge in [0.15, 0.2) is 0 Å². The minimum atomic E-state index is -3.61. The van der Waals surface area contributed by atoms with Crippen molar-refractivity contribution in [2.45, 2.75) is 10.9 Å². The fraction of sp³-hybridized carbons (Fsp3) is 0.250. The molecule has 0 aliphatic carbocycles. The molecule has 0 fully saturated rings. The first kappa shape index (κ1) is 11.8. The number of hydrogen-bond donors (Lipinski definition) is 0. The molecule has 1 rings (SSSR count). The Kier molecular flexibility index (Phi) is 3.81. The van der Waals surface area contributed by atoms with Gasteiger partial charge >= 0.3 is 6.11 Å². The molecular formula is C8H5Cl3F2O. The Hall–Kier alpha value is -0.250. The summed E-state index contributed by atoms with van der Waals surface area (Å²) in [5.74, 6) is -0.0503. The molecule has 0 aromatic heterocycles. The minimum Gasteiger partial charge on any atom is -0.431 e. The van der Waals surface area contributed by atoms with E-state index in [0.717, 1.165) is 0 Å². The lowest BCUT2D eigenvalue weighted by Crippen LogP contribution is -2.32. The topological polar surface area (TPSA) is 9.23 Å². The summed E-state index contributed by atoms with van der Waals surface area (Å²) in [6.45, 7) is 0. The molecule has 0 amide bonds. The standard InChI is InChI=1S/C8H5Cl3F2O/c9-5-1-3-6(4-2-5)14-8(12,13)7(10)11/h1-4,7H. The van der Waals surface area contributed by atoms with E-state index in [2.05, 4.69) is 4.74 Å². The fourth-order valence-corrected chi connectivity index (χ4v) is 0.919. The van der Waals surface area contributed by atoms with Crippen molar-refractivity contribution in [3.8, 4) is 5.75 Å². The zero-order chi connectivity index (χ0) is 10.8. The van der Waals surface area contributed by atoms with Gasteiger partial charge in [0.2, 0.25) is 4.84 Å². The third kappa shape index (κ3) is 3.15. The predicted molar refractivity (Wildman–Crippen MR) is 52.5 cm³/mol. The summed E-state index contributed by atoms with van der Waals surface area (Å²) >= 11 is 15.6. The van der Waals surface area contributed by atoms with E-state index in [9.17, 15) is 8.78 Å². The Balaban J connectivity index is 2.74. The van der Waals surface area contributed by atoms with E-state index in [-0.39, 0.29) is 5.75 Å². The van der Waals surface area contributed by atoms with Crippen LogP contribution >= 0.6 is 34.8 Å². The summed E-state index contributed by atoms with van der Waals surface area (Å²) < 4.78 is 29.9. The van der Waals surface area contributed by atoms with E-state index in [1.165, 1.54) is 24.3 Å². The molecular weight excluding hydrogens is 256 g/mol. The van der Waals surface area contributed by atoms with Crippen LogP contribution in [0, 0.1) is 0 Å². The Morgan fingerprint density at radius 2 is 1.64 bits per heavy atom. The summed E-state index contributed by atoms with van der Waals surface area (Å²) in [6.07, 6.45) is -3.61. The number of alkyl halides is 4. The van der Waals surface area contributed by atoms with Crippen LogP contribution in [-0.2, 0) is 0 Å². The SMILES string of the molecule is FC(F)(Oc1ccc(Cl)cc1)C(Cl)Cl. The highest BCUT2D eigenvalue weighted by Crippen LogP contribution is 2.30. The molecule has 1 aromatic rings. The maximum Gasteiger partial charge on any atom is 0.428 e. The third-order valence-electron chi connectivity index (χ3n) is 1.32. The first-order valence-electron chi connectivity index (χ1n) is 3.52. The van der Waals surface area contributed by atoms with E-state index in [0.29, 0.717) is 5.02 Å². The second-order valence-corrected chi connectivity index (χ2v) is 3.95. The Morgan fingerprint density at radius 3 is 2.07 bits per heavy atom. The van der Waals surface area contributed by atoms with Crippen molar-refractivity contribution in [1.29, 1.82) is 0 Å². The van der Waals surface area contributed by atoms with Crippen LogP contribution in [0.3, 0.4) is 0 Å². The highest BCUT2D eigenvalue weighted by Gasteiger charge is 2.40. The summed E-state index contributed by atoms with van der Waals surface area (Å²) in [4.78, 5) is -1.92. The van der Waals surface area contributed by atoms with Crippen molar-refractivity contribution < 1.29 is 13.5 Å². The van der Waals surface area contributed by atoms with Crippen LogP contribution < -0.4 is 4.74 Å². The van der Waals surface area contributed by atoms with E-state index in [4.69, 9.17) is 34.8 Å². The Bertz CT molecular complexity index is 300. The van der Waals surface area contributed by atoms with Gasteiger partial charge in [-0.2, -0.15) is 8.78 Å². The van der Waals surface area contributed by atoms with Gasteiger partial charge in [0.05, 0.1) is 0 Å². The lowest BCUT2D eigenvalue weighted by molar-refractivity contribution is -0.163. The Labute approximate surface area is 94.5 Å². The van der Waals surface area contributed by atoms with Crippen molar-refractivity contribution in [3.05, 3.63) is 29.3 Å². The monoisotopic (exact) mass is 260 g/mol. The summed E-state index contributed by atoms with van der Waals surface area (Å²) in [7, 11) is 0. The van der Waals surface area contributed by atoms with E-state index in [1.807, 2.05) is 0 Å². The molecule has 14 heavy (non-hydrogen) atoms. The smallest absolute Gasteiger partial charge is 0.428 e. The molecule has 0 aliphatic rings. The van der Waals surface area contributed by atoms with Crippen LogP contribution in [0.2, 0.25) is 5.02 Å². The average Bonchev–Trinajstić information content (AvgIpc) is 2.08. The van der Waals surface area contributed by atoms with Crippen LogP contribution in [0.1, 0.15) is 0 Å². The average molecular weight is 261 g/mol. The van der Waals surface area contributed by atoms with Crippen molar-refractivity contribution >= 4 is 34.8 Å². The third-order valence-corrected chi connectivity index (χ3v) is 2.08. The van der Waals surface area contributed by atoms with Crippen molar-refractivity contribution in [2.24, 2.45) is 0 Å². The maximum absolute atomic E-state index is 12.8. The Morgan fingerprint density at radius 1 is 1.14 bits per heavy atom. The summed E-state index contributed by atoms with van der Waals surface area (Å²) in [5, 5.41) is 0.425. The second kappa shape index (κ2) is 4.51. The van der Waals surface area contributed by atoms with Gasteiger partial charge in [-0.1, -0.05) is 34.8 Å². The molecule has 6 heteroatoms. The molecule has 0 atom stereocenters. The van der Waals surface area contributed by atoms with Crippen LogP contribution in [-0.4, -0.2) is 10.9 Å². The highest BCUT2D eigenvalue weighted by atomic mass is 35.5. The van der Waals surface area contributed by atoms with Crippen molar-refractivity contribution in [1.82, 2.24) is 0 Å². The molecule has 0 spiro atoms. The van der Waals surface area contributed by atoms with Crippen LogP contribution in [0.5, 0.6) is 5.75 Å². The van der Waals surface area contributed by atoms with Gasteiger partial charge in [0, 0.05) is 5.02 Å². The molecule has 0 aliphatic heterocycles. The van der Waals surface area contributed by atoms with E-state index < -0.39 is 10.9 Å². The number of halogens is 5. The number of rotatable bonds is 3. The van der Waals surface area contributed by atoms with Gasteiger partial charge in [-0.25, -0.2) is 0 Å². The molecule has 0 bridgehead atoms. The molecule has 78 valence electrons. The fourth-order valence-electron chi connectivity index (χ4n) is 0.704. The lowest BCUT2D eigenvalue weighted by atomic mass is 10.3. The highest BCUT2D eigenvalue weighted by molar-refractivity contribution is 6.44. The van der Waals surface area contributed by atoms with Gasteiger partial charge in [-0.15, -0.1) is 0 Å². The van der Waals surface area contributed by atoms with Crippen molar-refractivity contribution in [3.63, 3.8) is 0 Å². The predicted octanol–water partition coefficient (Wildman–Crippen LogP) is 4.12. The molecule has 0 unspecified atom stereocenters. The van der Waals surface area contributed by atoms with E-state index >= 15 is 0 Å². The van der Waals surface area contributed by atoms with Crippen LogP contribution in [0.4, 0.5) is 8.78 Å². The number of hydrogen-bond acceptors (Lipinski definition) is 1. The van der Waals surface area contributed by atoms with Crippen LogP contribution in [0.25, 0.3) is 0 Å². The van der Waals surface area contributed by atoms with Crippen LogP contribution in [0.15, 0.2) is 24.3 Å². The van der Waals surface area contributed by atoms with Gasteiger partial charge in [0.25, 0.3) is 0 Å². The normalized spacial score (nSPS) is 11.9. The van der Waals surface area contributed by atoms with Gasteiger partial charge in [0.1, 0.15) is 5.75 Å². The molecule has 1 aromatic carbocycles. The molecule has 0 saturated carbocycles. The van der Waals surface area contributed by atoms with Gasteiger partial charge < -0.3 is 4.74 Å². The zero-order valence-electron chi connectivity index (χ0n) is 6.68. The largest absolute Gasteiger partial charge is 0.431 e. The van der Waals surface area contributed by atoms with Crippen molar-refractivity contribution in [2.75, 3.05) is 0 Å². The zero-order valence-corrected chi connectivity index (χ0v) is 8.95. The molecule has 0 heterocycles. The molecule has 0 saturated heterocycles. The van der Waals surface area contributed by atoms with E-state index in [1.54, 1.807) is 0 Å². The molecule has 1 nitrogen and oxygen atoms in total. The lowest BCUT2D eigenvalue weighted by Gasteiger charge is -2.18. The first-order valence-corrected chi connectivity index (χ1v) is 4.77. The second-order valence-electron chi connectivity index (χ2n) is 2.42. The maximum atomic E-state index is 12.8. The number of benzene rings is 1. The quantitative estimate of drug-likeness (QED) is 0.744. The minimum absolute atomic E-state index is 0.0503. The molecule has 0 radical (unpaired) electrons. The van der Waals surface area contributed by atoms with Gasteiger partial charge in [-0.05, 0) is 24.3 Å². The first-order chi connectivity index (χ1) is 6.42. The summed E-state index contributed by atoms with van der Waals surface area (Å²) in [5.41, 5.74) is 0.